The predicted octanol–water partition coefficient (Wildman–Crippen LogP) is -0.565. The van der Waals surface area contributed by atoms with Crippen LogP contribution in [0.3, 0.4) is 0 Å². The van der Waals surface area contributed by atoms with Crippen molar-refractivity contribution in [3.63, 3.8) is 0 Å². The van der Waals surface area contributed by atoms with Crippen LogP contribution in [0.4, 0.5) is 0 Å². The summed E-state index contributed by atoms with van der Waals surface area (Å²) in [5, 5.41) is 2.50. The van der Waals surface area contributed by atoms with Crippen LogP contribution in [0.25, 0.3) is 0 Å². The molecule has 0 aliphatic heterocycles. The van der Waals surface area contributed by atoms with E-state index in [4.69, 9.17) is 0 Å². The number of amides is 1. The number of carbonyl (C=O) groups excluding carboxylic acids is 1. The van der Waals surface area contributed by atoms with Crippen LogP contribution in [0.2, 0.25) is 0 Å². The van der Waals surface area contributed by atoms with E-state index in [-0.39, 0.29) is 16.9 Å². The monoisotopic (exact) mass is 275 g/mol. The van der Waals surface area contributed by atoms with Gasteiger partial charge < -0.3 is 10.3 Å². The van der Waals surface area contributed by atoms with Crippen LogP contribution in [0.1, 0.15) is 6.92 Å². The second-order valence-electron chi connectivity index (χ2n) is 2.79. The predicted molar refractivity (Wildman–Crippen MR) is 57.7 cm³/mol. The second kappa shape index (κ2) is 4.92. The molecule has 0 bridgehead atoms. The van der Waals surface area contributed by atoms with Gasteiger partial charge in [0, 0.05) is 12.7 Å². The average Bonchev–Trinajstić information content (AvgIpc) is 2.19. The average molecular weight is 276 g/mol. The lowest BCUT2D eigenvalue weighted by molar-refractivity contribution is -0.121. The molecule has 1 rings (SSSR count). The van der Waals surface area contributed by atoms with Gasteiger partial charge in [-0.25, -0.2) is 9.36 Å². The first kappa shape index (κ1) is 11.7. The molecule has 6 nitrogen and oxygen atoms in total. The van der Waals surface area contributed by atoms with Crippen LogP contribution >= 0.6 is 15.9 Å². The van der Waals surface area contributed by atoms with E-state index in [0.29, 0.717) is 6.54 Å². The van der Waals surface area contributed by atoms with Crippen LogP contribution in [-0.2, 0) is 11.3 Å². The quantitative estimate of drug-likeness (QED) is 0.775. The van der Waals surface area contributed by atoms with Gasteiger partial charge in [0.05, 0.1) is 4.47 Å². The van der Waals surface area contributed by atoms with Crippen LogP contribution < -0.4 is 16.6 Å². The molecule has 0 aliphatic carbocycles. The van der Waals surface area contributed by atoms with Crippen molar-refractivity contribution in [2.24, 2.45) is 0 Å². The molecule has 1 aromatic rings. The number of rotatable bonds is 3. The Morgan fingerprint density at radius 2 is 2.27 bits per heavy atom. The Balaban J connectivity index is 3.05. The van der Waals surface area contributed by atoms with E-state index in [2.05, 4.69) is 26.2 Å². The molecular formula is C8H10BrN3O3. The fourth-order valence-corrected chi connectivity index (χ4v) is 1.35. The minimum atomic E-state index is -0.602. The number of likely N-dealkylation sites (N-methyl/N-ethyl adjacent to an activating group) is 1. The highest BCUT2D eigenvalue weighted by atomic mass is 79.9. The summed E-state index contributed by atoms with van der Waals surface area (Å²) in [5.74, 6) is -0.372. The second-order valence-corrected chi connectivity index (χ2v) is 3.64. The highest BCUT2D eigenvalue weighted by molar-refractivity contribution is 9.10. The molecule has 0 unspecified atom stereocenters. The molecule has 0 atom stereocenters. The molecule has 0 aliphatic rings. The van der Waals surface area contributed by atoms with Crippen LogP contribution in [0, 0.1) is 0 Å². The number of nitrogens with one attached hydrogen (secondary N) is 2. The van der Waals surface area contributed by atoms with E-state index in [1.807, 2.05) is 0 Å². The van der Waals surface area contributed by atoms with Crippen molar-refractivity contribution in [3.8, 4) is 0 Å². The number of aromatic amines is 1. The van der Waals surface area contributed by atoms with E-state index in [0.717, 1.165) is 4.57 Å². The van der Waals surface area contributed by atoms with Crippen LogP contribution in [0.15, 0.2) is 20.3 Å². The van der Waals surface area contributed by atoms with Gasteiger partial charge in [-0.05, 0) is 22.9 Å². The summed E-state index contributed by atoms with van der Waals surface area (Å²) < 4.78 is 1.04. The van der Waals surface area contributed by atoms with Gasteiger partial charge in [0.2, 0.25) is 5.91 Å². The van der Waals surface area contributed by atoms with Crippen molar-refractivity contribution in [2.75, 3.05) is 6.54 Å². The first-order valence-corrected chi connectivity index (χ1v) is 5.10. The summed E-state index contributed by atoms with van der Waals surface area (Å²) >= 11 is 2.97. The molecule has 0 saturated carbocycles. The summed E-state index contributed by atoms with van der Waals surface area (Å²) in [6, 6.07) is 0. The number of hydrogen-bond acceptors (Lipinski definition) is 3. The summed E-state index contributed by atoms with van der Waals surface area (Å²) in [5.41, 5.74) is -1.13. The van der Waals surface area contributed by atoms with Gasteiger partial charge in [-0.3, -0.25) is 9.59 Å². The van der Waals surface area contributed by atoms with E-state index in [1.54, 1.807) is 6.92 Å². The fraction of sp³-hybridized carbons (Fsp3) is 0.375. The van der Waals surface area contributed by atoms with E-state index in [9.17, 15) is 14.4 Å². The van der Waals surface area contributed by atoms with Gasteiger partial charge in [0.25, 0.3) is 5.56 Å². The van der Waals surface area contributed by atoms with Crippen LogP contribution in [0.5, 0.6) is 0 Å². The smallest absolute Gasteiger partial charge is 0.328 e. The third kappa shape index (κ3) is 2.79. The lowest BCUT2D eigenvalue weighted by Gasteiger charge is -2.04. The highest BCUT2D eigenvalue weighted by Gasteiger charge is 2.08. The van der Waals surface area contributed by atoms with Gasteiger partial charge in [-0.1, -0.05) is 0 Å². The number of aromatic nitrogens is 2. The summed E-state index contributed by atoms with van der Waals surface area (Å²) in [4.78, 5) is 36.2. The molecule has 2 N–H and O–H groups in total. The zero-order valence-electron chi connectivity index (χ0n) is 8.04. The number of nitrogens with zero attached hydrogens (tertiary/aromatic N) is 1. The molecular weight excluding hydrogens is 266 g/mol. The topological polar surface area (TPSA) is 84.0 Å². The Labute approximate surface area is 93.4 Å². The lowest BCUT2D eigenvalue weighted by Crippen LogP contribution is -2.40. The highest BCUT2D eigenvalue weighted by Crippen LogP contribution is 1.95. The Morgan fingerprint density at radius 3 is 2.87 bits per heavy atom. The zero-order valence-corrected chi connectivity index (χ0v) is 9.63. The number of H-pyrrole nitrogens is 1. The zero-order chi connectivity index (χ0) is 11.4. The Kier molecular flexibility index (Phi) is 3.84. The molecule has 82 valence electrons. The standard InChI is InChI=1S/C8H10BrN3O3/c1-2-10-6(13)4-12-7(14)5(9)3-11-8(12)15/h3H,2,4H2,1H3,(H,10,13)(H,11,15). The van der Waals surface area contributed by atoms with E-state index in [1.165, 1.54) is 6.20 Å². The van der Waals surface area contributed by atoms with E-state index < -0.39 is 11.2 Å². The maximum atomic E-state index is 11.4. The van der Waals surface area contributed by atoms with Crippen LogP contribution in [-0.4, -0.2) is 22.0 Å². The summed E-state index contributed by atoms with van der Waals surface area (Å²) in [6.45, 7) is 1.94. The van der Waals surface area contributed by atoms with Crippen molar-refractivity contribution in [1.82, 2.24) is 14.9 Å². The van der Waals surface area contributed by atoms with Gasteiger partial charge >= 0.3 is 5.69 Å². The third-order valence-corrected chi connectivity index (χ3v) is 2.26. The molecule has 7 heteroatoms. The van der Waals surface area contributed by atoms with Crippen molar-refractivity contribution in [1.29, 1.82) is 0 Å². The third-order valence-electron chi connectivity index (χ3n) is 1.69. The molecule has 0 radical (unpaired) electrons. The molecule has 0 spiro atoms. The van der Waals surface area contributed by atoms with Gasteiger partial charge in [-0.2, -0.15) is 0 Å². The van der Waals surface area contributed by atoms with E-state index >= 15 is 0 Å². The molecule has 1 amide bonds. The fourth-order valence-electron chi connectivity index (χ4n) is 1.03. The Bertz CT molecular complexity index is 477. The molecule has 0 saturated heterocycles. The number of carbonyl (C=O) groups is 1. The molecule has 15 heavy (non-hydrogen) atoms. The Morgan fingerprint density at radius 1 is 1.60 bits per heavy atom. The minimum absolute atomic E-state index is 0.214. The SMILES string of the molecule is CCNC(=O)Cn1c(=O)[nH]cc(Br)c1=O. The normalized spacial score (nSPS) is 10.0. The van der Waals surface area contributed by atoms with Crippen molar-refractivity contribution in [3.05, 3.63) is 31.5 Å². The Hall–Kier alpha value is -1.37. The largest absolute Gasteiger partial charge is 0.355 e. The van der Waals surface area contributed by atoms with Crippen molar-refractivity contribution >= 4 is 21.8 Å². The first-order chi connectivity index (χ1) is 7.06. The molecule has 1 aromatic heterocycles. The summed E-state index contributed by atoms with van der Waals surface area (Å²) in [6.07, 6.45) is 1.25. The molecule has 1 heterocycles. The van der Waals surface area contributed by atoms with Gasteiger partial charge in [0.1, 0.15) is 6.54 Å². The van der Waals surface area contributed by atoms with Crippen molar-refractivity contribution < 1.29 is 4.79 Å². The summed E-state index contributed by atoms with van der Waals surface area (Å²) in [7, 11) is 0. The first-order valence-electron chi connectivity index (χ1n) is 4.31. The lowest BCUT2D eigenvalue weighted by atomic mass is 10.5. The minimum Gasteiger partial charge on any atom is -0.355 e. The molecule has 0 fully saturated rings. The maximum absolute atomic E-state index is 11.4. The maximum Gasteiger partial charge on any atom is 0.328 e. The number of halogens is 1. The van der Waals surface area contributed by atoms with Gasteiger partial charge in [-0.15, -0.1) is 0 Å². The molecule has 0 aromatic carbocycles. The number of hydrogen-bond donors (Lipinski definition) is 2. The van der Waals surface area contributed by atoms with Crippen molar-refractivity contribution in [2.45, 2.75) is 13.5 Å². The van der Waals surface area contributed by atoms with Gasteiger partial charge in [0.15, 0.2) is 0 Å².